The molecule has 5 aliphatic rings. The fourth-order valence-corrected chi connectivity index (χ4v) is 13.9. The van der Waals surface area contributed by atoms with Crippen LogP contribution in [0, 0.1) is 34.6 Å². The first-order valence-corrected chi connectivity index (χ1v) is 35.9. The molecule has 5 aromatic rings. The largest absolute Gasteiger partial charge is 0.390 e. The SMILES string of the molecule is CSC(=NC[C@H]1O[C@@H](n2cc(C)c(=O)[nH]c2=O)C[C@@H]1NC(=NC[C@H]1O[C@@H](n2cc(C)c(=O)[nH]c2=O)C[C@@H]1NC(=NC[C@H]1O[C@@H](n2cc(C)c(=O)[nH]c2=O)C[C@@H]1NC(=NC[C@H]1O[C@@H](n2cc(C)c(=O)[nH]c2=O)C[C@@H]1O)SC)SC)SC)N[C@H]1C[C@H](n2cc(C)c(=O)[nH]c2=O)O[C@@H]1CN. The Kier molecular flexibility index (Phi) is 23.4. The highest BCUT2D eigenvalue weighted by Crippen LogP contribution is 2.34. The second kappa shape index (κ2) is 31.5. The predicted molar refractivity (Wildman–Crippen MR) is 369 cm³/mol. The average Bonchev–Trinajstić information content (AvgIpc) is 1.73. The summed E-state index contributed by atoms with van der Waals surface area (Å²) < 4.78 is 38.7. The molecule has 5 aliphatic heterocycles. The molecule has 5 saturated heterocycles. The van der Waals surface area contributed by atoms with Crippen LogP contribution in [-0.4, -0.2) is 192 Å². The van der Waals surface area contributed by atoms with Crippen LogP contribution in [0.1, 0.15) is 91.1 Å². The second-order valence-electron chi connectivity index (χ2n) is 23.9. The Labute approximate surface area is 567 Å². The molecule has 0 radical (unpaired) electrons. The fraction of sp³-hybridized carbons (Fsp3) is 0.586. The summed E-state index contributed by atoms with van der Waals surface area (Å²) >= 11 is 5.20. The van der Waals surface area contributed by atoms with Gasteiger partial charge in [0, 0.05) is 97.5 Å². The third-order valence-corrected chi connectivity index (χ3v) is 19.9. The van der Waals surface area contributed by atoms with E-state index in [1.807, 2.05) is 18.8 Å². The van der Waals surface area contributed by atoms with Crippen molar-refractivity contribution in [3.8, 4) is 0 Å². The van der Waals surface area contributed by atoms with Gasteiger partial charge in [0.1, 0.15) is 37.2 Å². The van der Waals surface area contributed by atoms with Crippen LogP contribution in [0.4, 0.5) is 0 Å². The van der Waals surface area contributed by atoms with Gasteiger partial charge in [-0.25, -0.2) is 24.0 Å². The Hall–Kier alpha value is -7.60. The average molecular weight is 1430 g/mol. The van der Waals surface area contributed by atoms with E-state index in [1.165, 1.54) is 101 Å². The first-order chi connectivity index (χ1) is 46.3. The van der Waals surface area contributed by atoms with E-state index in [4.69, 9.17) is 49.4 Å². The molecule has 35 nitrogen and oxygen atoms in total. The Balaban J connectivity index is 0.881. The van der Waals surface area contributed by atoms with Gasteiger partial charge in [-0.15, -0.1) is 0 Å². The van der Waals surface area contributed by atoms with E-state index < -0.39 is 148 Å². The molecule has 5 fully saturated rings. The van der Waals surface area contributed by atoms with Crippen molar-refractivity contribution in [2.45, 2.75) is 159 Å². The lowest BCUT2D eigenvalue weighted by Gasteiger charge is -2.23. The van der Waals surface area contributed by atoms with E-state index in [2.05, 4.69) is 46.2 Å². The molecule has 0 aromatic carbocycles. The van der Waals surface area contributed by atoms with Crippen molar-refractivity contribution in [2.24, 2.45) is 25.7 Å². The molecule has 10 heterocycles. The number of aliphatic imine (C=N–C) groups is 4. The first-order valence-electron chi connectivity index (χ1n) is 31.0. The molecular formula is C58H79N19O16S4. The number of thioether (sulfide) groups is 4. The molecule has 0 unspecified atom stereocenters. The lowest BCUT2D eigenvalue weighted by molar-refractivity contribution is -0.0149. The summed E-state index contributed by atoms with van der Waals surface area (Å²) in [7, 11) is 0. The summed E-state index contributed by atoms with van der Waals surface area (Å²) in [5, 5.41) is 26.8. The number of amidine groups is 4. The smallest absolute Gasteiger partial charge is 0.330 e. The van der Waals surface area contributed by atoms with Gasteiger partial charge < -0.3 is 55.8 Å². The quantitative estimate of drug-likeness (QED) is 0.0326. The van der Waals surface area contributed by atoms with Crippen LogP contribution >= 0.6 is 47.0 Å². The monoisotopic (exact) mass is 1430 g/mol. The minimum absolute atomic E-state index is 0.0148. The maximum Gasteiger partial charge on any atom is 0.330 e. The van der Waals surface area contributed by atoms with Crippen LogP contribution in [0.5, 0.6) is 0 Å². The summed E-state index contributed by atoms with van der Waals surface area (Å²) in [5.41, 5.74) is 1.70. The number of nitrogens with one attached hydrogen (secondary N) is 9. The van der Waals surface area contributed by atoms with Gasteiger partial charge >= 0.3 is 28.4 Å². The molecule has 12 N–H and O–H groups in total. The number of aryl methyl sites for hydroxylation is 5. The standard InChI is InChI=1S/C58H79N19O16S4/c1-25-20-73(54(84)68-45(25)79)40-10-30(35(15-59)89-40)64-50(94-6)60-16-36-31(11-41(90-36)74-21-26(2)46(80)69-55(74)85)65-51(95-7)61-17-37-32(12-42(91-37)75-22-27(3)47(81)70-56(75)86)66-52(96-8)62-18-38-33(13-43(92-38)76-23-28(4)48(82)71-57(76)87)67-53(97-9)63-19-39-34(78)14-44(93-39)77-24-29(5)49(83)72-58(77)88/h20-24,30-44,78H,10-19,59H2,1-9H3,(H,60,64)(H,61,65)(H,62,66)(H,63,67)(H,68,79,84)(H,69,80,85)(H,70,81,86)(H,71,82,87)(H,72,83,88)/t30-,31-,32-,33-,34-,35+,36+,37+,38+,39+,40+,41+,42+,43+,44+/m0/s1. The van der Waals surface area contributed by atoms with Crippen LogP contribution in [0.3, 0.4) is 0 Å². The number of nitrogens with zero attached hydrogens (tertiary/aromatic N) is 9. The van der Waals surface area contributed by atoms with E-state index >= 15 is 0 Å². The van der Waals surface area contributed by atoms with Crippen molar-refractivity contribution in [1.29, 1.82) is 0 Å². The Morgan fingerprint density at radius 2 is 0.619 bits per heavy atom. The van der Waals surface area contributed by atoms with Crippen LogP contribution in [0.2, 0.25) is 0 Å². The Bertz CT molecular complexity index is 4480. The Morgan fingerprint density at radius 1 is 0.402 bits per heavy atom. The van der Waals surface area contributed by atoms with Gasteiger partial charge in [0.15, 0.2) is 20.7 Å². The van der Waals surface area contributed by atoms with E-state index in [1.54, 1.807) is 40.9 Å². The number of hydrogen-bond donors (Lipinski definition) is 11. The predicted octanol–water partition coefficient (Wildman–Crippen LogP) is -2.25. The molecule has 15 atom stereocenters. The van der Waals surface area contributed by atoms with Gasteiger partial charge in [0.25, 0.3) is 27.8 Å². The van der Waals surface area contributed by atoms with Crippen LogP contribution < -0.4 is 83.2 Å². The highest BCUT2D eigenvalue weighted by atomic mass is 32.2. The number of rotatable bonds is 18. The topological polar surface area (TPSA) is 464 Å². The number of aliphatic hydroxyl groups excluding tert-OH is 1. The van der Waals surface area contributed by atoms with Crippen LogP contribution in [0.25, 0.3) is 0 Å². The number of hydrogen-bond acceptors (Lipinski definition) is 25. The third-order valence-electron chi connectivity index (χ3n) is 17.3. The molecule has 0 saturated carbocycles. The van der Waals surface area contributed by atoms with Gasteiger partial charge in [-0.2, -0.15) is 0 Å². The number of aromatic amines is 5. The second-order valence-corrected chi connectivity index (χ2v) is 27.1. The summed E-state index contributed by atoms with van der Waals surface area (Å²) in [4.78, 5) is 159. The molecular weight excluding hydrogens is 1350 g/mol. The zero-order valence-electron chi connectivity index (χ0n) is 54.4. The van der Waals surface area contributed by atoms with Crippen molar-refractivity contribution in [1.82, 2.24) is 69.0 Å². The minimum Gasteiger partial charge on any atom is -0.390 e. The lowest BCUT2D eigenvalue weighted by Crippen LogP contribution is -2.44. The van der Waals surface area contributed by atoms with Gasteiger partial charge in [0.05, 0.1) is 80.9 Å². The molecule has 0 spiro atoms. The molecule has 97 heavy (non-hydrogen) atoms. The molecule has 0 aliphatic carbocycles. The van der Waals surface area contributed by atoms with E-state index in [0.717, 1.165) is 0 Å². The van der Waals surface area contributed by atoms with E-state index in [9.17, 15) is 53.1 Å². The molecule has 0 amide bonds. The highest BCUT2D eigenvalue weighted by molar-refractivity contribution is 8.14. The maximum atomic E-state index is 13.4. The zero-order valence-corrected chi connectivity index (χ0v) is 57.7. The lowest BCUT2D eigenvalue weighted by atomic mass is 10.1. The normalized spacial score (nSPS) is 27.8. The molecule has 10 rings (SSSR count). The minimum atomic E-state index is -1.00. The maximum absolute atomic E-state index is 13.4. The van der Waals surface area contributed by atoms with Gasteiger partial charge in [-0.05, 0) is 59.6 Å². The molecule has 5 aromatic heterocycles. The van der Waals surface area contributed by atoms with Crippen molar-refractivity contribution >= 4 is 67.7 Å². The van der Waals surface area contributed by atoms with Gasteiger partial charge in [0.2, 0.25) is 0 Å². The zero-order chi connectivity index (χ0) is 69.7. The summed E-state index contributed by atoms with van der Waals surface area (Å²) in [5.74, 6) is 0. The van der Waals surface area contributed by atoms with Crippen LogP contribution in [0.15, 0.2) is 98.9 Å². The first kappa shape index (κ1) is 72.2. The van der Waals surface area contributed by atoms with Crippen molar-refractivity contribution in [2.75, 3.05) is 57.7 Å². The number of aliphatic hydroxyl groups is 1. The van der Waals surface area contributed by atoms with E-state index in [0.29, 0.717) is 43.8 Å². The van der Waals surface area contributed by atoms with E-state index in [-0.39, 0.29) is 69.5 Å². The molecule has 526 valence electrons. The Morgan fingerprint density at radius 3 is 0.866 bits per heavy atom. The third kappa shape index (κ3) is 16.8. The van der Waals surface area contributed by atoms with Gasteiger partial charge in [-0.1, -0.05) is 47.0 Å². The highest BCUT2D eigenvalue weighted by Gasteiger charge is 2.43. The number of H-pyrrole nitrogens is 5. The van der Waals surface area contributed by atoms with Crippen molar-refractivity contribution in [3.63, 3.8) is 0 Å². The van der Waals surface area contributed by atoms with Crippen molar-refractivity contribution in [3.05, 3.63) is 163 Å². The summed E-state index contributed by atoms with van der Waals surface area (Å²) in [6.45, 7) is 8.08. The number of nitrogens with two attached hydrogens (primary N) is 1. The number of ether oxygens (including phenoxy) is 5. The fourth-order valence-electron chi connectivity index (χ4n) is 12.0. The van der Waals surface area contributed by atoms with Gasteiger partial charge in [-0.3, -0.25) is 91.7 Å². The number of aromatic nitrogens is 10. The molecule has 0 bridgehead atoms. The van der Waals surface area contributed by atoms with Crippen molar-refractivity contribution < 1.29 is 28.8 Å². The summed E-state index contributed by atoms with van der Waals surface area (Å²) in [6.07, 6.45) is 6.76. The molecule has 39 heteroatoms. The summed E-state index contributed by atoms with van der Waals surface area (Å²) in [6, 6.07) is -2.04. The van der Waals surface area contributed by atoms with Crippen LogP contribution in [-0.2, 0) is 23.7 Å².